The molecule has 0 aromatic carbocycles. The minimum atomic E-state index is 0.699. The smallest absolute Gasteiger partial charge is 0.267 e. The van der Waals surface area contributed by atoms with Crippen molar-refractivity contribution < 1.29 is 4.58 Å². The predicted molar refractivity (Wildman–Crippen MR) is 50.8 cm³/mol. The largest absolute Gasteiger partial charge is 0.325 e. The van der Waals surface area contributed by atoms with Crippen LogP contribution in [0, 0.1) is 0 Å². The molecule has 0 bridgehead atoms. The quantitative estimate of drug-likeness (QED) is 0.582. The second-order valence-electron chi connectivity index (χ2n) is 2.90. The zero-order chi connectivity index (χ0) is 9.10. The van der Waals surface area contributed by atoms with E-state index in [4.69, 9.17) is 0 Å². The Kier molecular flexibility index (Phi) is 2.04. The Morgan fingerprint density at radius 2 is 2.15 bits per heavy atom. The van der Waals surface area contributed by atoms with Crippen LogP contribution in [0.2, 0.25) is 0 Å². The Balaban J connectivity index is 2.27. The standard InChI is InChI=1S/C9H11N4/c1-12-6-3-7-13(8-12)9-10-4-2-5-11-9/h2-5,7-8H,6H2,1H3/q+1. The van der Waals surface area contributed by atoms with Crippen LogP contribution in [0.4, 0.5) is 5.95 Å². The van der Waals surface area contributed by atoms with Gasteiger partial charge in [0.1, 0.15) is 6.54 Å². The minimum Gasteiger partial charge on any atom is -0.267 e. The summed E-state index contributed by atoms with van der Waals surface area (Å²) < 4.78 is 2.07. The van der Waals surface area contributed by atoms with Crippen LogP contribution in [0.1, 0.15) is 0 Å². The van der Waals surface area contributed by atoms with E-state index in [0.717, 1.165) is 6.54 Å². The highest BCUT2D eigenvalue weighted by Crippen LogP contribution is 2.04. The number of rotatable bonds is 1. The second kappa shape index (κ2) is 3.35. The molecular weight excluding hydrogens is 164 g/mol. The zero-order valence-electron chi connectivity index (χ0n) is 7.46. The Morgan fingerprint density at radius 3 is 2.85 bits per heavy atom. The van der Waals surface area contributed by atoms with Gasteiger partial charge in [-0.3, -0.25) is 4.58 Å². The van der Waals surface area contributed by atoms with E-state index in [2.05, 4.69) is 20.6 Å². The van der Waals surface area contributed by atoms with Crippen LogP contribution in [0.25, 0.3) is 0 Å². The monoisotopic (exact) mass is 175 g/mol. The van der Waals surface area contributed by atoms with Crippen molar-refractivity contribution in [3.05, 3.63) is 30.7 Å². The molecule has 0 unspecified atom stereocenters. The Labute approximate surface area is 76.9 Å². The first-order chi connectivity index (χ1) is 6.36. The predicted octanol–water partition coefficient (Wildman–Crippen LogP) is 0.481. The molecule has 4 nitrogen and oxygen atoms in total. The summed E-state index contributed by atoms with van der Waals surface area (Å²) in [6.45, 7) is 0.934. The molecule has 2 heterocycles. The molecule has 0 N–H and O–H groups in total. The first kappa shape index (κ1) is 7.91. The molecule has 1 aromatic rings. The molecule has 66 valence electrons. The number of hydrogen-bond acceptors (Lipinski definition) is 3. The van der Waals surface area contributed by atoms with Crippen molar-refractivity contribution in [2.75, 3.05) is 18.5 Å². The fourth-order valence-corrected chi connectivity index (χ4v) is 1.17. The Bertz CT molecular complexity index is 342. The van der Waals surface area contributed by atoms with E-state index in [-0.39, 0.29) is 0 Å². The molecule has 13 heavy (non-hydrogen) atoms. The van der Waals surface area contributed by atoms with Gasteiger partial charge in [-0.05, 0) is 12.1 Å². The molecule has 1 aliphatic heterocycles. The third-order valence-electron chi connectivity index (χ3n) is 1.76. The molecule has 0 atom stereocenters. The van der Waals surface area contributed by atoms with Crippen LogP contribution < -0.4 is 4.90 Å². The number of nitrogens with zero attached hydrogens (tertiary/aromatic N) is 4. The fraction of sp³-hybridized carbons (Fsp3) is 0.222. The highest BCUT2D eigenvalue weighted by molar-refractivity contribution is 5.75. The SMILES string of the molecule is C[N+]1=CN(c2ncccn2)C=CC1. The maximum Gasteiger partial charge on any atom is 0.325 e. The van der Waals surface area contributed by atoms with Gasteiger partial charge in [-0.15, -0.1) is 0 Å². The van der Waals surface area contributed by atoms with E-state index in [1.807, 2.05) is 24.5 Å². The van der Waals surface area contributed by atoms with Crippen molar-refractivity contribution in [3.63, 3.8) is 0 Å². The lowest BCUT2D eigenvalue weighted by atomic mass is 10.5. The van der Waals surface area contributed by atoms with Gasteiger partial charge in [0.2, 0.25) is 6.34 Å². The van der Waals surface area contributed by atoms with Gasteiger partial charge in [-0.2, -0.15) is 14.9 Å². The van der Waals surface area contributed by atoms with Crippen molar-refractivity contribution in [2.45, 2.75) is 0 Å². The third kappa shape index (κ3) is 1.72. The summed E-state index contributed by atoms with van der Waals surface area (Å²) >= 11 is 0. The normalized spacial score (nSPS) is 15.8. The summed E-state index contributed by atoms with van der Waals surface area (Å²) in [5.41, 5.74) is 0. The molecule has 4 heteroatoms. The first-order valence-electron chi connectivity index (χ1n) is 4.13. The molecule has 0 saturated heterocycles. The van der Waals surface area contributed by atoms with E-state index in [0.29, 0.717) is 5.95 Å². The molecule has 0 radical (unpaired) electrons. The molecule has 0 fully saturated rings. The molecule has 2 rings (SSSR count). The highest BCUT2D eigenvalue weighted by atomic mass is 15.3. The van der Waals surface area contributed by atoms with Crippen LogP contribution in [-0.4, -0.2) is 34.5 Å². The topological polar surface area (TPSA) is 32.0 Å². The van der Waals surface area contributed by atoms with Crippen molar-refractivity contribution in [3.8, 4) is 0 Å². The van der Waals surface area contributed by atoms with Crippen molar-refractivity contribution in [1.29, 1.82) is 0 Å². The van der Waals surface area contributed by atoms with Crippen LogP contribution in [0.15, 0.2) is 30.7 Å². The Hall–Kier alpha value is -1.71. The molecular formula is C9H11N4+. The van der Waals surface area contributed by atoms with Gasteiger partial charge in [0.05, 0.1) is 13.2 Å². The van der Waals surface area contributed by atoms with Crippen LogP contribution in [0.5, 0.6) is 0 Å². The first-order valence-corrected chi connectivity index (χ1v) is 4.13. The molecule has 0 saturated carbocycles. The number of anilines is 1. The van der Waals surface area contributed by atoms with Crippen molar-refractivity contribution in [2.24, 2.45) is 0 Å². The molecule has 0 amide bonds. The van der Waals surface area contributed by atoms with Crippen LogP contribution in [0.3, 0.4) is 0 Å². The van der Waals surface area contributed by atoms with Gasteiger partial charge in [0, 0.05) is 12.4 Å². The lowest BCUT2D eigenvalue weighted by Crippen LogP contribution is -2.27. The summed E-state index contributed by atoms with van der Waals surface area (Å²) in [5.74, 6) is 0.699. The van der Waals surface area contributed by atoms with E-state index in [9.17, 15) is 0 Å². The molecule has 1 aliphatic rings. The maximum atomic E-state index is 4.14. The number of aromatic nitrogens is 2. The highest BCUT2D eigenvalue weighted by Gasteiger charge is 2.13. The second-order valence-corrected chi connectivity index (χ2v) is 2.90. The number of hydrogen-bond donors (Lipinski definition) is 0. The summed E-state index contributed by atoms with van der Waals surface area (Å²) in [7, 11) is 2.01. The van der Waals surface area contributed by atoms with Gasteiger partial charge in [-0.25, -0.2) is 0 Å². The van der Waals surface area contributed by atoms with Gasteiger partial charge in [0.25, 0.3) is 0 Å². The van der Waals surface area contributed by atoms with E-state index in [1.54, 1.807) is 18.5 Å². The van der Waals surface area contributed by atoms with Gasteiger partial charge in [-0.1, -0.05) is 0 Å². The maximum absolute atomic E-state index is 4.14. The van der Waals surface area contributed by atoms with Gasteiger partial charge < -0.3 is 0 Å². The lowest BCUT2D eigenvalue weighted by Gasteiger charge is -2.09. The van der Waals surface area contributed by atoms with Crippen LogP contribution >= 0.6 is 0 Å². The minimum absolute atomic E-state index is 0.699. The van der Waals surface area contributed by atoms with Gasteiger partial charge >= 0.3 is 5.95 Å². The summed E-state index contributed by atoms with van der Waals surface area (Å²) in [6.07, 6.45) is 9.47. The third-order valence-corrected chi connectivity index (χ3v) is 1.76. The van der Waals surface area contributed by atoms with Gasteiger partial charge in [0.15, 0.2) is 0 Å². The number of likely N-dealkylation sites (N-methyl/N-ethyl adjacent to an activating group) is 1. The lowest BCUT2D eigenvalue weighted by molar-refractivity contribution is -0.483. The van der Waals surface area contributed by atoms with Crippen LogP contribution in [-0.2, 0) is 0 Å². The van der Waals surface area contributed by atoms with Crippen molar-refractivity contribution in [1.82, 2.24) is 9.97 Å². The summed E-state index contributed by atoms with van der Waals surface area (Å²) in [4.78, 5) is 10.2. The molecule has 0 spiro atoms. The van der Waals surface area contributed by atoms with E-state index in [1.165, 1.54) is 0 Å². The molecule has 0 aliphatic carbocycles. The zero-order valence-corrected chi connectivity index (χ0v) is 7.46. The average Bonchev–Trinajstić information content (AvgIpc) is 2.19. The summed E-state index contributed by atoms with van der Waals surface area (Å²) in [6, 6.07) is 1.81. The Morgan fingerprint density at radius 1 is 1.38 bits per heavy atom. The average molecular weight is 175 g/mol. The fourth-order valence-electron chi connectivity index (χ4n) is 1.17. The van der Waals surface area contributed by atoms with Crippen molar-refractivity contribution >= 4 is 12.3 Å². The summed E-state index contributed by atoms with van der Waals surface area (Å²) in [5, 5.41) is 0. The molecule has 1 aromatic heterocycles. The van der Waals surface area contributed by atoms with E-state index >= 15 is 0 Å². The van der Waals surface area contributed by atoms with E-state index < -0.39 is 0 Å².